The maximum Gasteiger partial charge on any atom is 0.174 e. The highest BCUT2D eigenvalue weighted by atomic mass is 16.1. The van der Waals surface area contributed by atoms with Gasteiger partial charge in [-0.2, -0.15) is 0 Å². The van der Waals surface area contributed by atoms with Gasteiger partial charge >= 0.3 is 0 Å². The summed E-state index contributed by atoms with van der Waals surface area (Å²) in [7, 11) is 0. The minimum Gasteiger partial charge on any atom is -0.341 e. The quantitative estimate of drug-likeness (QED) is 0.579. The number of nitrogens with one attached hydrogen (secondary N) is 1. The fourth-order valence-corrected chi connectivity index (χ4v) is 3.31. The molecule has 5 nitrogen and oxygen atoms in total. The van der Waals surface area contributed by atoms with Crippen LogP contribution >= 0.6 is 0 Å². The van der Waals surface area contributed by atoms with Crippen molar-refractivity contribution in [3.63, 3.8) is 0 Å². The van der Waals surface area contributed by atoms with E-state index in [0.29, 0.717) is 5.82 Å². The minimum atomic E-state index is -0.430. The fraction of sp³-hybridized carbons (Fsp3) is 0.450. The van der Waals surface area contributed by atoms with Crippen LogP contribution in [0.25, 0.3) is 0 Å². The monoisotopic (exact) mass is 338 g/mol. The van der Waals surface area contributed by atoms with Crippen molar-refractivity contribution in [3.8, 4) is 0 Å². The summed E-state index contributed by atoms with van der Waals surface area (Å²) in [5, 5.41) is 3.17. The van der Waals surface area contributed by atoms with Gasteiger partial charge in [0.05, 0.1) is 17.9 Å². The predicted octanol–water partition coefficient (Wildman–Crippen LogP) is 4.12. The van der Waals surface area contributed by atoms with Crippen LogP contribution in [0.3, 0.4) is 0 Å². The zero-order valence-corrected chi connectivity index (χ0v) is 15.0. The van der Waals surface area contributed by atoms with Crippen molar-refractivity contribution in [1.29, 1.82) is 0 Å². The summed E-state index contributed by atoms with van der Waals surface area (Å²) in [5.74, 6) is 1.47. The third kappa shape index (κ3) is 3.81. The third-order valence-corrected chi connectivity index (χ3v) is 4.75. The summed E-state index contributed by atoms with van der Waals surface area (Å²) in [5.41, 5.74) is 2.15. The van der Waals surface area contributed by atoms with Crippen LogP contribution in [0.5, 0.6) is 0 Å². The standard InChI is InChI=1S/C20H26N4O/c1-3-4-5-9-12-17-13-21-19-20(22-17)24(18(14-25)23-19)15(2)16-10-7-6-8-11-16/h6-8,10-11,13-15,18H,3-5,9,12H2,1-2H3,(H,21,23)/t15?,18-/m0/s1. The maximum absolute atomic E-state index is 11.6. The van der Waals surface area contributed by atoms with Crippen molar-refractivity contribution in [2.24, 2.45) is 0 Å². The van der Waals surface area contributed by atoms with Crippen LogP contribution in [0, 0.1) is 0 Å². The van der Waals surface area contributed by atoms with Gasteiger partial charge in [-0.05, 0) is 25.3 Å². The number of hydrogen-bond donors (Lipinski definition) is 1. The van der Waals surface area contributed by atoms with Crippen LogP contribution in [0.2, 0.25) is 0 Å². The first kappa shape index (κ1) is 17.4. The van der Waals surface area contributed by atoms with Gasteiger partial charge in [-0.15, -0.1) is 0 Å². The van der Waals surface area contributed by atoms with E-state index in [9.17, 15) is 4.79 Å². The summed E-state index contributed by atoms with van der Waals surface area (Å²) < 4.78 is 0. The largest absolute Gasteiger partial charge is 0.341 e. The highest BCUT2D eigenvalue weighted by Crippen LogP contribution is 2.37. The van der Waals surface area contributed by atoms with Crippen LogP contribution in [0.1, 0.15) is 56.8 Å². The lowest BCUT2D eigenvalue weighted by Crippen LogP contribution is -2.39. The molecular formula is C20H26N4O. The number of aldehydes is 1. The van der Waals surface area contributed by atoms with E-state index in [-0.39, 0.29) is 6.04 Å². The molecule has 0 saturated carbocycles. The number of unbranched alkanes of at least 4 members (excludes halogenated alkanes) is 3. The van der Waals surface area contributed by atoms with Gasteiger partial charge in [-0.25, -0.2) is 9.97 Å². The highest BCUT2D eigenvalue weighted by Gasteiger charge is 2.35. The molecule has 1 N–H and O–H groups in total. The Bertz CT molecular complexity index is 704. The molecule has 0 bridgehead atoms. The molecule has 25 heavy (non-hydrogen) atoms. The van der Waals surface area contributed by atoms with Gasteiger partial charge in [0.15, 0.2) is 24.1 Å². The fourth-order valence-electron chi connectivity index (χ4n) is 3.31. The molecule has 5 heteroatoms. The minimum absolute atomic E-state index is 0.0368. The Labute approximate surface area is 149 Å². The Hall–Kier alpha value is -2.43. The average molecular weight is 338 g/mol. The number of carbonyl (C=O) groups excluding carboxylic acids is 1. The van der Waals surface area contributed by atoms with Crippen molar-refractivity contribution in [2.75, 3.05) is 10.2 Å². The molecule has 2 aromatic rings. The Balaban J connectivity index is 1.83. The summed E-state index contributed by atoms with van der Waals surface area (Å²) in [6.07, 6.45) is 8.07. The van der Waals surface area contributed by atoms with E-state index in [2.05, 4.69) is 36.3 Å². The van der Waals surface area contributed by atoms with Gasteiger partial charge in [0, 0.05) is 0 Å². The zero-order valence-electron chi connectivity index (χ0n) is 15.0. The molecular weight excluding hydrogens is 312 g/mol. The van der Waals surface area contributed by atoms with Gasteiger partial charge in [-0.1, -0.05) is 56.5 Å². The van der Waals surface area contributed by atoms with Crippen molar-refractivity contribution in [1.82, 2.24) is 9.97 Å². The van der Waals surface area contributed by atoms with Crippen LogP contribution in [0.15, 0.2) is 36.5 Å². The molecule has 0 aliphatic carbocycles. The molecule has 0 radical (unpaired) electrons. The van der Waals surface area contributed by atoms with Crippen molar-refractivity contribution >= 4 is 17.9 Å². The van der Waals surface area contributed by atoms with Gasteiger partial charge in [0.1, 0.15) is 0 Å². The number of anilines is 2. The number of fused-ring (bicyclic) bond motifs is 1. The van der Waals surface area contributed by atoms with Gasteiger partial charge in [0.2, 0.25) is 0 Å². The molecule has 1 aliphatic rings. The third-order valence-electron chi connectivity index (χ3n) is 4.75. The smallest absolute Gasteiger partial charge is 0.174 e. The van der Waals surface area contributed by atoms with E-state index in [1.165, 1.54) is 19.3 Å². The zero-order chi connectivity index (χ0) is 17.6. The molecule has 1 aliphatic heterocycles. The highest BCUT2D eigenvalue weighted by molar-refractivity contribution is 5.80. The van der Waals surface area contributed by atoms with Gasteiger partial charge in [0.25, 0.3) is 0 Å². The number of carbonyl (C=O) groups is 1. The lowest BCUT2D eigenvalue weighted by molar-refractivity contribution is -0.108. The van der Waals surface area contributed by atoms with Gasteiger partial charge < -0.3 is 10.2 Å². The number of benzene rings is 1. The molecule has 2 atom stereocenters. The maximum atomic E-state index is 11.6. The molecule has 0 fully saturated rings. The molecule has 2 heterocycles. The second-order valence-electron chi connectivity index (χ2n) is 6.56. The Morgan fingerprint density at radius 2 is 2.04 bits per heavy atom. The second-order valence-corrected chi connectivity index (χ2v) is 6.56. The first-order chi connectivity index (χ1) is 12.2. The van der Waals surface area contributed by atoms with Crippen molar-refractivity contribution in [3.05, 3.63) is 47.8 Å². The number of hydrogen-bond acceptors (Lipinski definition) is 5. The molecule has 0 spiro atoms. The van der Waals surface area contributed by atoms with E-state index in [0.717, 1.165) is 36.2 Å². The number of aryl methyl sites for hydroxylation is 1. The van der Waals surface area contributed by atoms with Crippen molar-refractivity contribution in [2.45, 2.75) is 58.2 Å². The summed E-state index contributed by atoms with van der Waals surface area (Å²) in [4.78, 5) is 22.9. The van der Waals surface area contributed by atoms with Crippen molar-refractivity contribution < 1.29 is 4.79 Å². The predicted molar refractivity (Wildman–Crippen MR) is 101 cm³/mol. The van der Waals surface area contributed by atoms with Gasteiger partial charge in [-0.3, -0.25) is 4.79 Å². The average Bonchev–Trinajstić information content (AvgIpc) is 3.03. The number of aromatic nitrogens is 2. The summed E-state index contributed by atoms with van der Waals surface area (Å²) in [6, 6.07) is 10.2. The Morgan fingerprint density at radius 3 is 2.76 bits per heavy atom. The van der Waals surface area contributed by atoms with Crippen LogP contribution in [-0.4, -0.2) is 22.4 Å². The molecule has 1 unspecified atom stereocenters. The summed E-state index contributed by atoms with van der Waals surface area (Å²) in [6.45, 7) is 4.31. The van der Waals surface area contributed by atoms with E-state index >= 15 is 0 Å². The normalized spacial score (nSPS) is 17.0. The van der Waals surface area contributed by atoms with Crippen LogP contribution < -0.4 is 10.2 Å². The lowest BCUT2D eigenvalue weighted by Gasteiger charge is -2.29. The molecule has 0 amide bonds. The number of rotatable bonds is 8. The SMILES string of the molecule is CCCCCCc1cnc2c(n1)N(C(C)c1ccccc1)[C@@H](C=O)N2. The second kappa shape index (κ2) is 8.10. The van der Waals surface area contributed by atoms with Crippen LogP contribution in [0.4, 0.5) is 11.6 Å². The Morgan fingerprint density at radius 1 is 1.24 bits per heavy atom. The van der Waals surface area contributed by atoms with E-state index in [1.54, 1.807) is 0 Å². The summed E-state index contributed by atoms with van der Waals surface area (Å²) >= 11 is 0. The molecule has 0 saturated heterocycles. The topological polar surface area (TPSA) is 58.1 Å². The molecule has 1 aromatic carbocycles. The first-order valence-electron chi connectivity index (χ1n) is 9.15. The van der Waals surface area contributed by atoms with E-state index < -0.39 is 6.17 Å². The van der Waals surface area contributed by atoms with E-state index in [1.807, 2.05) is 29.3 Å². The Kier molecular flexibility index (Phi) is 5.64. The lowest BCUT2D eigenvalue weighted by atomic mass is 10.1. The molecule has 132 valence electrons. The van der Waals surface area contributed by atoms with E-state index in [4.69, 9.17) is 4.98 Å². The van der Waals surface area contributed by atoms with Crippen LogP contribution in [-0.2, 0) is 11.2 Å². The molecule has 1 aromatic heterocycles. The molecule has 3 rings (SSSR count). The first-order valence-corrected chi connectivity index (χ1v) is 9.15. The number of nitrogens with zero attached hydrogens (tertiary/aromatic N) is 3.